The zero-order valence-electron chi connectivity index (χ0n) is 14.4. The molecule has 0 bridgehead atoms. The summed E-state index contributed by atoms with van der Waals surface area (Å²) in [5, 5.41) is 5.20. The Morgan fingerprint density at radius 3 is 2.58 bits per heavy atom. The summed E-state index contributed by atoms with van der Waals surface area (Å²) in [6, 6.07) is 5.91. The number of halogens is 1. The Labute approximate surface area is 149 Å². The van der Waals surface area contributed by atoms with Gasteiger partial charge in [-0.25, -0.2) is 0 Å². The third-order valence-electron chi connectivity index (χ3n) is 3.34. The quantitative estimate of drug-likeness (QED) is 0.555. The van der Waals surface area contributed by atoms with E-state index in [1.54, 1.807) is 0 Å². The average molecular weight is 358 g/mol. The summed E-state index contributed by atoms with van der Waals surface area (Å²) in [6.45, 7) is 4.99. The zero-order valence-corrected chi connectivity index (χ0v) is 15.2. The number of benzene rings is 1. The van der Waals surface area contributed by atoms with Crippen molar-refractivity contribution in [3.8, 4) is 5.75 Å². The van der Waals surface area contributed by atoms with Crippen molar-refractivity contribution in [1.82, 2.24) is 10.6 Å². The highest BCUT2D eigenvalue weighted by Gasteiger charge is 2.08. The molecule has 0 aliphatic rings. The number of carbonyl (C=O) groups is 2. The van der Waals surface area contributed by atoms with Crippen LogP contribution < -0.4 is 21.1 Å². The number of unbranched alkanes of at least 4 members (excludes halogenated alkanes) is 2. The van der Waals surface area contributed by atoms with Crippen LogP contribution in [0.5, 0.6) is 5.75 Å². The molecule has 0 fully saturated rings. The van der Waals surface area contributed by atoms with E-state index >= 15 is 0 Å². The van der Waals surface area contributed by atoms with Crippen molar-refractivity contribution >= 4 is 24.2 Å². The first-order valence-corrected chi connectivity index (χ1v) is 8.02. The molecule has 1 aromatic carbocycles. The van der Waals surface area contributed by atoms with Crippen molar-refractivity contribution in [1.29, 1.82) is 0 Å². The molecule has 24 heavy (non-hydrogen) atoms. The number of hydrogen-bond acceptors (Lipinski definition) is 4. The van der Waals surface area contributed by atoms with Gasteiger partial charge >= 0.3 is 0 Å². The van der Waals surface area contributed by atoms with Crippen LogP contribution in [0.4, 0.5) is 0 Å². The molecule has 0 unspecified atom stereocenters. The van der Waals surface area contributed by atoms with Crippen LogP contribution in [0, 0.1) is 6.92 Å². The molecule has 6 nitrogen and oxygen atoms in total. The summed E-state index contributed by atoms with van der Waals surface area (Å²) in [6.07, 6.45) is 3.30. The monoisotopic (exact) mass is 357 g/mol. The Morgan fingerprint density at radius 2 is 1.92 bits per heavy atom. The van der Waals surface area contributed by atoms with Gasteiger partial charge in [0.15, 0.2) is 0 Å². The number of ether oxygens (including phenoxy) is 1. The van der Waals surface area contributed by atoms with E-state index in [1.165, 1.54) is 0 Å². The maximum atomic E-state index is 11.7. The lowest BCUT2D eigenvalue weighted by atomic mass is 10.1. The van der Waals surface area contributed by atoms with Gasteiger partial charge < -0.3 is 21.1 Å². The molecule has 0 saturated carbocycles. The van der Waals surface area contributed by atoms with Gasteiger partial charge in [0.05, 0.1) is 19.7 Å². The minimum absolute atomic E-state index is 0. The molecule has 0 aliphatic heterocycles. The number of rotatable bonds is 10. The van der Waals surface area contributed by atoms with Gasteiger partial charge in [0.2, 0.25) is 11.8 Å². The third kappa shape index (κ3) is 8.74. The molecule has 136 valence electrons. The van der Waals surface area contributed by atoms with E-state index in [2.05, 4.69) is 17.6 Å². The summed E-state index contributed by atoms with van der Waals surface area (Å²) >= 11 is 0. The van der Waals surface area contributed by atoms with E-state index in [0.717, 1.165) is 36.1 Å². The molecular formula is C17H28ClN3O3. The van der Waals surface area contributed by atoms with Gasteiger partial charge in [0.25, 0.3) is 0 Å². The van der Waals surface area contributed by atoms with E-state index in [0.29, 0.717) is 13.2 Å². The number of aryl methyl sites for hydroxylation is 1. The van der Waals surface area contributed by atoms with Crippen LogP contribution in [-0.4, -0.2) is 31.5 Å². The van der Waals surface area contributed by atoms with E-state index in [1.807, 2.05) is 25.1 Å². The van der Waals surface area contributed by atoms with Crippen molar-refractivity contribution in [2.75, 3.05) is 19.7 Å². The van der Waals surface area contributed by atoms with Crippen LogP contribution in [0.1, 0.15) is 37.3 Å². The largest absolute Gasteiger partial charge is 0.493 e. The lowest BCUT2D eigenvalue weighted by molar-refractivity contribution is -0.125. The van der Waals surface area contributed by atoms with Crippen molar-refractivity contribution in [2.45, 2.75) is 39.7 Å². The van der Waals surface area contributed by atoms with Gasteiger partial charge in [-0.2, -0.15) is 0 Å². The van der Waals surface area contributed by atoms with Gasteiger partial charge in [0.1, 0.15) is 5.75 Å². The first kappa shape index (κ1) is 22.2. The van der Waals surface area contributed by atoms with Crippen LogP contribution in [0.15, 0.2) is 18.2 Å². The molecule has 7 heteroatoms. The number of nitrogens with two attached hydrogens (primary N) is 1. The summed E-state index contributed by atoms with van der Waals surface area (Å²) in [7, 11) is 0. The van der Waals surface area contributed by atoms with Gasteiger partial charge in [-0.3, -0.25) is 9.59 Å². The maximum absolute atomic E-state index is 11.7. The number of nitrogens with one attached hydrogen (secondary N) is 2. The Bertz CT molecular complexity index is 524. The van der Waals surface area contributed by atoms with Crippen LogP contribution in [0.2, 0.25) is 0 Å². The molecular weight excluding hydrogens is 330 g/mol. The second-order valence-electron chi connectivity index (χ2n) is 5.42. The molecule has 2 amide bonds. The third-order valence-corrected chi connectivity index (χ3v) is 3.34. The topological polar surface area (TPSA) is 93.5 Å². The fourth-order valence-corrected chi connectivity index (χ4v) is 1.98. The predicted molar refractivity (Wildman–Crippen MR) is 97.4 cm³/mol. The fraction of sp³-hybridized carbons (Fsp3) is 0.529. The number of amides is 2. The highest BCUT2D eigenvalue weighted by atomic mass is 35.5. The first-order valence-electron chi connectivity index (χ1n) is 8.02. The lowest BCUT2D eigenvalue weighted by Crippen LogP contribution is -2.39. The summed E-state index contributed by atoms with van der Waals surface area (Å²) in [4.78, 5) is 22.7. The fourth-order valence-electron chi connectivity index (χ4n) is 1.98. The molecule has 0 atom stereocenters. The molecule has 0 aliphatic carbocycles. The highest BCUT2D eigenvalue weighted by molar-refractivity contribution is 5.85. The Balaban J connectivity index is 0.00000529. The molecule has 1 aromatic rings. The lowest BCUT2D eigenvalue weighted by Gasteiger charge is -2.13. The van der Waals surface area contributed by atoms with E-state index < -0.39 is 0 Å². The standard InChI is InChI=1S/C17H27N3O3.ClH/c1-3-4-5-8-23-15-9-13(2)6-7-14(15)11-19-17(22)12-20-16(21)10-18;/h6-7,9H,3-5,8,10-12,18H2,1-2H3,(H,19,22)(H,20,21);1H. The van der Waals surface area contributed by atoms with E-state index in [4.69, 9.17) is 10.5 Å². The van der Waals surface area contributed by atoms with Gasteiger partial charge in [0, 0.05) is 12.1 Å². The van der Waals surface area contributed by atoms with Crippen molar-refractivity contribution in [3.05, 3.63) is 29.3 Å². The summed E-state index contributed by atoms with van der Waals surface area (Å²) in [5.41, 5.74) is 7.20. The van der Waals surface area contributed by atoms with Crippen molar-refractivity contribution < 1.29 is 14.3 Å². The van der Waals surface area contributed by atoms with Crippen molar-refractivity contribution in [2.24, 2.45) is 5.73 Å². The Hall–Kier alpha value is -1.79. The highest BCUT2D eigenvalue weighted by Crippen LogP contribution is 2.20. The Morgan fingerprint density at radius 1 is 1.17 bits per heavy atom. The normalized spacial score (nSPS) is 9.79. The number of hydrogen-bond donors (Lipinski definition) is 3. The van der Waals surface area contributed by atoms with Crippen LogP contribution in [0.25, 0.3) is 0 Å². The molecule has 0 saturated heterocycles. The second kappa shape index (κ2) is 12.6. The molecule has 0 spiro atoms. The van der Waals surface area contributed by atoms with Gasteiger partial charge in [-0.15, -0.1) is 12.4 Å². The molecule has 4 N–H and O–H groups in total. The zero-order chi connectivity index (χ0) is 17.1. The molecule has 0 aromatic heterocycles. The maximum Gasteiger partial charge on any atom is 0.239 e. The van der Waals surface area contributed by atoms with Gasteiger partial charge in [-0.05, 0) is 25.0 Å². The predicted octanol–water partition coefficient (Wildman–Crippen LogP) is 1.68. The van der Waals surface area contributed by atoms with E-state index in [9.17, 15) is 9.59 Å². The SMILES string of the molecule is CCCCCOc1cc(C)ccc1CNC(=O)CNC(=O)CN.Cl. The number of carbonyl (C=O) groups excluding carboxylic acids is 2. The second-order valence-corrected chi connectivity index (χ2v) is 5.42. The Kier molecular flexibility index (Phi) is 11.7. The van der Waals surface area contributed by atoms with E-state index in [-0.39, 0.29) is 37.3 Å². The summed E-state index contributed by atoms with van der Waals surface area (Å²) < 4.78 is 5.83. The molecule has 1 rings (SSSR count). The minimum Gasteiger partial charge on any atom is -0.493 e. The minimum atomic E-state index is -0.351. The smallest absolute Gasteiger partial charge is 0.239 e. The van der Waals surface area contributed by atoms with Crippen LogP contribution >= 0.6 is 12.4 Å². The average Bonchev–Trinajstić information content (AvgIpc) is 2.55. The first-order chi connectivity index (χ1) is 11.1. The molecule has 0 radical (unpaired) electrons. The van der Waals surface area contributed by atoms with Crippen LogP contribution in [-0.2, 0) is 16.1 Å². The van der Waals surface area contributed by atoms with Crippen LogP contribution in [0.3, 0.4) is 0 Å². The van der Waals surface area contributed by atoms with Crippen molar-refractivity contribution in [3.63, 3.8) is 0 Å². The molecule has 0 heterocycles. The van der Waals surface area contributed by atoms with Gasteiger partial charge in [-0.1, -0.05) is 31.9 Å². The summed E-state index contributed by atoms with van der Waals surface area (Å²) in [5.74, 6) is 0.187.